The van der Waals surface area contributed by atoms with E-state index in [-0.39, 0.29) is 10.6 Å². The van der Waals surface area contributed by atoms with Crippen LogP contribution in [0.4, 0.5) is 0 Å². The van der Waals surface area contributed by atoms with Crippen LogP contribution in [0.2, 0.25) is 0 Å². The number of carbonyl (C=O) groups is 1. The van der Waals surface area contributed by atoms with Crippen LogP contribution >= 0.6 is 15.9 Å². The first-order valence-electron chi connectivity index (χ1n) is 7.30. The van der Waals surface area contributed by atoms with E-state index in [4.69, 9.17) is 4.74 Å². The lowest BCUT2D eigenvalue weighted by molar-refractivity contribution is 0.0991. The Morgan fingerprint density at radius 3 is 1.87 bits per heavy atom. The molecule has 0 bridgehead atoms. The SMILES string of the molecule is O=C(c1ccc(Oc2ccccc2)cc1)C(Br)c1ccccc1. The molecule has 0 saturated heterocycles. The number of rotatable bonds is 5. The Hall–Kier alpha value is -2.39. The summed E-state index contributed by atoms with van der Waals surface area (Å²) in [5.41, 5.74) is 1.60. The van der Waals surface area contributed by atoms with Gasteiger partial charge in [-0.05, 0) is 42.0 Å². The van der Waals surface area contributed by atoms with Crippen molar-refractivity contribution >= 4 is 21.7 Å². The molecular formula is C20H15BrO2. The molecule has 3 rings (SSSR count). The van der Waals surface area contributed by atoms with Gasteiger partial charge in [0.05, 0.1) is 0 Å². The number of Topliss-reactive ketones (excluding diaryl/α,β-unsaturated/α-hetero) is 1. The number of hydrogen-bond donors (Lipinski definition) is 0. The van der Waals surface area contributed by atoms with Crippen molar-refractivity contribution in [2.75, 3.05) is 0 Å². The first-order valence-corrected chi connectivity index (χ1v) is 8.22. The summed E-state index contributed by atoms with van der Waals surface area (Å²) in [5.74, 6) is 1.51. The van der Waals surface area contributed by atoms with Crippen LogP contribution in [0.1, 0.15) is 20.7 Å². The van der Waals surface area contributed by atoms with Crippen molar-refractivity contribution in [3.8, 4) is 11.5 Å². The van der Waals surface area contributed by atoms with Gasteiger partial charge in [-0.2, -0.15) is 0 Å². The predicted molar refractivity (Wildman–Crippen MR) is 95.4 cm³/mol. The van der Waals surface area contributed by atoms with Crippen LogP contribution in [0, 0.1) is 0 Å². The third-order valence-corrected chi connectivity index (χ3v) is 4.38. The molecule has 3 aromatic carbocycles. The summed E-state index contributed by atoms with van der Waals surface area (Å²) in [7, 11) is 0. The van der Waals surface area contributed by atoms with Gasteiger partial charge in [-0.3, -0.25) is 4.79 Å². The average Bonchev–Trinajstić information content (AvgIpc) is 2.63. The van der Waals surface area contributed by atoms with Crippen molar-refractivity contribution < 1.29 is 9.53 Å². The van der Waals surface area contributed by atoms with Gasteiger partial charge < -0.3 is 4.74 Å². The molecule has 0 saturated carbocycles. The zero-order valence-corrected chi connectivity index (χ0v) is 13.9. The molecule has 0 aromatic heterocycles. The van der Waals surface area contributed by atoms with Crippen LogP contribution in [0.3, 0.4) is 0 Å². The molecule has 0 heterocycles. The first-order chi connectivity index (χ1) is 11.2. The van der Waals surface area contributed by atoms with Crippen molar-refractivity contribution in [2.24, 2.45) is 0 Å². The Labute approximate surface area is 143 Å². The molecule has 23 heavy (non-hydrogen) atoms. The summed E-state index contributed by atoms with van der Waals surface area (Å²) in [6.45, 7) is 0. The molecule has 0 radical (unpaired) electrons. The van der Waals surface area contributed by atoms with Crippen LogP contribution < -0.4 is 4.74 Å². The number of ether oxygens (including phenoxy) is 1. The minimum atomic E-state index is -0.343. The number of alkyl halides is 1. The Bertz CT molecular complexity index is 768. The van der Waals surface area contributed by atoms with Gasteiger partial charge in [0.25, 0.3) is 0 Å². The minimum Gasteiger partial charge on any atom is -0.457 e. The summed E-state index contributed by atoms with van der Waals surface area (Å²) in [6, 6.07) is 26.4. The minimum absolute atomic E-state index is 0.0301. The van der Waals surface area contributed by atoms with Crippen molar-refractivity contribution in [2.45, 2.75) is 4.83 Å². The summed E-state index contributed by atoms with van der Waals surface area (Å²) < 4.78 is 5.74. The fourth-order valence-corrected chi connectivity index (χ4v) is 2.80. The van der Waals surface area contributed by atoms with E-state index in [1.807, 2.05) is 72.8 Å². The van der Waals surface area contributed by atoms with Gasteiger partial charge in [0.2, 0.25) is 0 Å². The highest BCUT2D eigenvalue weighted by atomic mass is 79.9. The summed E-state index contributed by atoms with van der Waals surface area (Å²) in [4.78, 5) is 12.2. The Morgan fingerprint density at radius 1 is 0.739 bits per heavy atom. The second kappa shape index (κ2) is 7.25. The molecule has 0 N–H and O–H groups in total. The third-order valence-electron chi connectivity index (χ3n) is 3.44. The Morgan fingerprint density at radius 2 is 1.26 bits per heavy atom. The highest BCUT2D eigenvalue weighted by Crippen LogP contribution is 2.28. The molecular weight excluding hydrogens is 352 g/mol. The number of para-hydroxylation sites is 1. The van der Waals surface area contributed by atoms with Crippen molar-refractivity contribution in [1.29, 1.82) is 0 Å². The fourth-order valence-electron chi connectivity index (χ4n) is 2.23. The maximum Gasteiger partial charge on any atom is 0.180 e. The van der Waals surface area contributed by atoms with Crippen molar-refractivity contribution in [3.63, 3.8) is 0 Å². The third kappa shape index (κ3) is 3.88. The van der Waals surface area contributed by atoms with Gasteiger partial charge in [0.1, 0.15) is 16.3 Å². The van der Waals surface area contributed by atoms with E-state index >= 15 is 0 Å². The molecule has 1 unspecified atom stereocenters. The quantitative estimate of drug-likeness (QED) is 0.421. The second-order valence-corrected chi connectivity index (χ2v) is 5.99. The topological polar surface area (TPSA) is 26.3 Å². The number of ketones is 1. The molecule has 0 aliphatic rings. The van der Waals surface area contributed by atoms with E-state index < -0.39 is 0 Å². The van der Waals surface area contributed by atoms with Crippen molar-refractivity contribution in [3.05, 3.63) is 96.1 Å². The van der Waals surface area contributed by atoms with Crippen LogP contribution in [0.5, 0.6) is 11.5 Å². The molecule has 3 aromatic rings. The smallest absolute Gasteiger partial charge is 0.180 e. The molecule has 0 aliphatic heterocycles. The Balaban J connectivity index is 1.73. The summed E-state index contributed by atoms with van der Waals surface area (Å²) in [5, 5.41) is 0. The lowest BCUT2D eigenvalue weighted by Crippen LogP contribution is -2.06. The monoisotopic (exact) mass is 366 g/mol. The maximum absolute atomic E-state index is 12.5. The van der Waals surface area contributed by atoms with Gasteiger partial charge in [-0.25, -0.2) is 0 Å². The molecule has 0 amide bonds. The van der Waals surface area contributed by atoms with Gasteiger partial charge in [-0.1, -0.05) is 64.5 Å². The van der Waals surface area contributed by atoms with E-state index in [1.54, 1.807) is 12.1 Å². The molecule has 1 atom stereocenters. The largest absolute Gasteiger partial charge is 0.457 e. The molecule has 114 valence electrons. The zero-order valence-electron chi connectivity index (χ0n) is 12.4. The fraction of sp³-hybridized carbons (Fsp3) is 0.0500. The number of hydrogen-bond acceptors (Lipinski definition) is 2. The highest BCUT2D eigenvalue weighted by molar-refractivity contribution is 9.09. The zero-order chi connectivity index (χ0) is 16.1. The number of benzene rings is 3. The molecule has 0 spiro atoms. The van der Waals surface area contributed by atoms with Crippen LogP contribution in [0.25, 0.3) is 0 Å². The van der Waals surface area contributed by atoms with Gasteiger partial charge in [0, 0.05) is 5.56 Å². The highest BCUT2D eigenvalue weighted by Gasteiger charge is 2.18. The predicted octanol–water partition coefficient (Wildman–Crippen LogP) is 5.80. The van der Waals surface area contributed by atoms with E-state index in [0.29, 0.717) is 11.3 Å². The van der Waals surface area contributed by atoms with Crippen molar-refractivity contribution in [1.82, 2.24) is 0 Å². The lowest BCUT2D eigenvalue weighted by Gasteiger charge is -2.10. The summed E-state index contributed by atoms with van der Waals surface area (Å²) in [6.07, 6.45) is 0. The molecule has 3 heteroatoms. The first kappa shape index (κ1) is 15.5. The summed E-state index contributed by atoms with van der Waals surface area (Å²) >= 11 is 3.48. The van der Waals surface area contributed by atoms with E-state index in [0.717, 1.165) is 11.3 Å². The maximum atomic E-state index is 12.5. The number of halogens is 1. The van der Waals surface area contributed by atoms with Crippen LogP contribution in [0.15, 0.2) is 84.9 Å². The lowest BCUT2D eigenvalue weighted by atomic mass is 10.0. The molecule has 0 fully saturated rings. The number of carbonyl (C=O) groups excluding carboxylic acids is 1. The second-order valence-electron chi connectivity index (χ2n) is 5.08. The van der Waals surface area contributed by atoms with Gasteiger partial charge >= 0.3 is 0 Å². The van der Waals surface area contributed by atoms with E-state index in [2.05, 4.69) is 15.9 Å². The average molecular weight is 367 g/mol. The van der Waals surface area contributed by atoms with Gasteiger partial charge in [-0.15, -0.1) is 0 Å². The van der Waals surface area contributed by atoms with Crippen LogP contribution in [-0.4, -0.2) is 5.78 Å². The van der Waals surface area contributed by atoms with E-state index in [1.165, 1.54) is 0 Å². The molecule has 2 nitrogen and oxygen atoms in total. The van der Waals surface area contributed by atoms with Gasteiger partial charge in [0.15, 0.2) is 5.78 Å². The molecule has 0 aliphatic carbocycles. The standard InChI is InChI=1S/C20H15BrO2/c21-19(15-7-3-1-4-8-15)20(22)16-11-13-18(14-12-16)23-17-9-5-2-6-10-17/h1-14,19H. The van der Waals surface area contributed by atoms with E-state index in [9.17, 15) is 4.79 Å². The normalized spacial score (nSPS) is 11.7. The van der Waals surface area contributed by atoms with Crippen LogP contribution in [-0.2, 0) is 0 Å². The Kier molecular flexibility index (Phi) is 4.89.